The first-order valence-electron chi connectivity index (χ1n) is 9.06. The zero-order valence-electron chi connectivity index (χ0n) is 15.7. The molecule has 0 fully saturated rings. The summed E-state index contributed by atoms with van der Waals surface area (Å²) in [7, 11) is 1.41. The Bertz CT molecular complexity index is 706. The van der Waals surface area contributed by atoms with Crippen molar-refractivity contribution < 1.29 is 19.7 Å². The van der Waals surface area contributed by atoms with Crippen molar-refractivity contribution in [3.63, 3.8) is 0 Å². The van der Waals surface area contributed by atoms with E-state index in [2.05, 4.69) is 13.8 Å². The van der Waals surface area contributed by atoms with Gasteiger partial charge in [0.15, 0.2) is 0 Å². The highest BCUT2D eigenvalue weighted by Crippen LogP contribution is 2.45. The van der Waals surface area contributed by atoms with E-state index in [1.54, 1.807) is 24.3 Å². The third kappa shape index (κ3) is 4.57. The van der Waals surface area contributed by atoms with Crippen LogP contribution < -0.4 is 0 Å². The van der Waals surface area contributed by atoms with Crippen LogP contribution in [-0.2, 0) is 14.9 Å². The molecule has 0 radical (unpaired) electrons. The summed E-state index contributed by atoms with van der Waals surface area (Å²) < 4.78 is 4.76. The van der Waals surface area contributed by atoms with Gasteiger partial charge in [0.05, 0.1) is 7.11 Å². The van der Waals surface area contributed by atoms with Crippen LogP contribution in [0.3, 0.4) is 0 Å². The number of methoxy groups -OCH3 is 1. The van der Waals surface area contributed by atoms with Gasteiger partial charge in [0.2, 0.25) is 0 Å². The molecule has 26 heavy (non-hydrogen) atoms. The van der Waals surface area contributed by atoms with E-state index in [4.69, 9.17) is 4.74 Å². The van der Waals surface area contributed by atoms with E-state index < -0.39 is 0 Å². The molecule has 0 aliphatic carbocycles. The van der Waals surface area contributed by atoms with Gasteiger partial charge in [-0.15, -0.1) is 0 Å². The highest BCUT2D eigenvalue weighted by molar-refractivity contribution is 5.69. The lowest BCUT2D eigenvalue weighted by molar-refractivity contribution is -0.140. The van der Waals surface area contributed by atoms with Crippen molar-refractivity contribution in [2.75, 3.05) is 7.11 Å². The number of carbonyl (C=O) groups excluding carboxylic acids is 1. The van der Waals surface area contributed by atoms with Gasteiger partial charge in [-0.3, -0.25) is 4.79 Å². The number of benzene rings is 2. The van der Waals surface area contributed by atoms with Gasteiger partial charge in [-0.1, -0.05) is 38.1 Å². The molecule has 4 heteroatoms. The fourth-order valence-electron chi connectivity index (χ4n) is 3.61. The van der Waals surface area contributed by atoms with Crippen LogP contribution in [0.25, 0.3) is 0 Å². The highest BCUT2D eigenvalue weighted by Gasteiger charge is 2.35. The first-order chi connectivity index (χ1) is 12.4. The molecular weight excluding hydrogens is 328 g/mol. The maximum atomic E-state index is 11.5. The van der Waals surface area contributed by atoms with Gasteiger partial charge in [-0.25, -0.2) is 0 Å². The van der Waals surface area contributed by atoms with E-state index >= 15 is 0 Å². The first-order valence-corrected chi connectivity index (χ1v) is 9.06. The maximum Gasteiger partial charge on any atom is 0.305 e. The smallest absolute Gasteiger partial charge is 0.305 e. The third-order valence-electron chi connectivity index (χ3n) is 5.43. The Morgan fingerprint density at radius 2 is 1.58 bits per heavy atom. The fourth-order valence-corrected chi connectivity index (χ4v) is 3.61. The fraction of sp³-hybridized carbons (Fsp3) is 0.409. The van der Waals surface area contributed by atoms with Crippen LogP contribution in [0.15, 0.2) is 48.5 Å². The number of ether oxygens (including phenoxy) is 1. The molecule has 0 heterocycles. The number of hydrogen-bond donors (Lipinski definition) is 2. The van der Waals surface area contributed by atoms with E-state index in [-0.39, 0.29) is 28.8 Å². The van der Waals surface area contributed by atoms with E-state index in [1.807, 2.05) is 24.3 Å². The third-order valence-corrected chi connectivity index (χ3v) is 5.43. The average Bonchev–Trinajstić information content (AvgIpc) is 2.66. The highest BCUT2D eigenvalue weighted by atomic mass is 16.5. The predicted octanol–water partition coefficient (Wildman–Crippen LogP) is 4.89. The number of phenols is 2. The monoisotopic (exact) mass is 356 g/mol. The van der Waals surface area contributed by atoms with Gasteiger partial charge >= 0.3 is 5.97 Å². The van der Waals surface area contributed by atoms with Gasteiger partial charge in [0, 0.05) is 6.42 Å². The van der Waals surface area contributed by atoms with Crippen molar-refractivity contribution >= 4 is 5.97 Å². The molecule has 2 aromatic rings. The number of hydrogen-bond acceptors (Lipinski definition) is 4. The minimum Gasteiger partial charge on any atom is -0.508 e. The lowest BCUT2D eigenvalue weighted by Gasteiger charge is -2.38. The van der Waals surface area contributed by atoms with E-state index in [9.17, 15) is 15.0 Å². The molecule has 0 unspecified atom stereocenters. The van der Waals surface area contributed by atoms with Crippen molar-refractivity contribution in [1.82, 2.24) is 0 Å². The van der Waals surface area contributed by atoms with Gasteiger partial charge in [0.1, 0.15) is 11.5 Å². The quantitative estimate of drug-likeness (QED) is 0.661. The van der Waals surface area contributed by atoms with E-state index in [1.165, 1.54) is 7.11 Å². The molecule has 140 valence electrons. The zero-order valence-corrected chi connectivity index (χ0v) is 15.7. The SMILES string of the molecule is CC[C@@](C)(c1ccc(O)cc1)[C@H](CCCC(=O)OC)c1ccc(O)cc1. The number of esters is 1. The average molecular weight is 356 g/mol. The van der Waals surface area contributed by atoms with Crippen LogP contribution >= 0.6 is 0 Å². The Kier molecular flexibility index (Phi) is 6.67. The minimum atomic E-state index is -0.197. The summed E-state index contributed by atoms with van der Waals surface area (Å²) in [6.45, 7) is 4.37. The van der Waals surface area contributed by atoms with Crippen molar-refractivity contribution in [2.45, 2.75) is 50.9 Å². The molecule has 0 aliphatic heterocycles. The Morgan fingerprint density at radius 1 is 1.04 bits per heavy atom. The summed E-state index contributed by atoms with van der Waals surface area (Å²) in [5.74, 6) is 0.462. The predicted molar refractivity (Wildman–Crippen MR) is 102 cm³/mol. The Balaban J connectivity index is 2.37. The van der Waals surface area contributed by atoms with E-state index in [0.29, 0.717) is 6.42 Å². The lowest BCUT2D eigenvalue weighted by atomic mass is 9.65. The summed E-state index contributed by atoms with van der Waals surface area (Å²) in [6, 6.07) is 14.7. The number of rotatable bonds is 8. The molecule has 0 bridgehead atoms. The van der Waals surface area contributed by atoms with Crippen molar-refractivity contribution in [1.29, 1.82) is 0 Å². The Hall–Kier alpha value is -2.49. The van der Waals surface area contributed by atoms with Gasteiger partial charge < -0.3 is 14.9 Å². The van der Waals surface area contributed by atoms with Crippen LogP contribution in [0.1, 0.15) is 56.6 Å². The summed E-state index contributed by atoms with van der Waals surface area (Å²) in [6.07, 6.45) is 2.85. The molecule has 0 aliphatic rings. The summed E-state index contributed by atoms with van der Waals surface area (Å²) in [4.78, 5) is 11.5. The van der Waals surface area contributed by atoms with Crippen LogP contribution in [0.5, 0.6) is 11.5 Å². The van der Waals surface area contributed by atoms with Gasteiger partial charge in [-0.2, -0.15) is 0 Å². The standard InChI is InChI=1S/C22H28O4/c1-4-22(2,17-10-14-19(24)15-11-17)20(6-5-7-21(25)26-3)16-8-12-18(23)13-9-16/h8-15,20,23-24H,4-7H2,1-3H3/t20-,22+/m1/s1. The van der Waals surface area contributed by atoms with Crippen LogP contribution in [0, 0.1) is 0 Å². The molecule has 2 atom stereocenters. The molecule has 0 saturated heterocycles. The van der Waals surface area contributed by atoms with E-state index in [0.717, 1.165) is 30.4 Å². The zero-order chi connectivity index (χ0) is 19.2. The lowest BCUT2D eigenvalue weighted by Crippen LogP contribution is -2.30. The maximum absolute atomic E-state index is 11.5. The van der Waals surface area contributed by atoms with Crippen molar-refractivity contribution in [2.24, 2.45) is 0 Å². The van der Waals surface area contributed by atoms with Crippen LogP contribution in [-0.4, -0.2) is 23.3 Å². The number of carbonyl (C=O) groups is 1. The molecule has 4 nitrogen and oxygen atoms in total. The van der Waals surface area contributed by atoms with Gasteiger partial charge in [-0.05, 0) is 66.0 Å². The van der Waals surface area contributed by atoms with Gasteiger partial charge in [0.25, 0.3) is 0 Å². The largest absolute Gasteiger partial charge is 0.508 e. The summed E-state index contributed by atoms with van der Waals surface area (Å²) >= 11 is 0. The number of phenolic OH excluding ortho intramolecular Hbond substituents is 2. The van der Waals surface area contributed by atoms with Crippen LogP contribution in [0.2, 0.25) is 0 Å². The molecular formula is C22H28O4. The molecule has 0 saturated carbocycles. The molecule has 2 N–H and O–H groups in total. The minimum absolute atomic E-state index is 0.166. The Labute approximate surface area is 155 Å². The summed E-state index contributed by atoms with van der Waals surface area (Å²) in [5, 5.41) is 19.3. The summed E-state index contributed by atoms with van der Waals surface area (Å²) in [5.41, 5.74) is 2.11. The number of aromatic hydroxyl groups is 2. The van der Waals surface area contributed by atoms with Crippen molar-refractivity contribution in [3.05, 3.63) is 59.7 Å². The second-order valence-electron chi connectivity index (χ2n) is 6.93. The normalized spacial score (nSPS) is 14.4. The second-order valence-corrected chi connectivity index (χ2v) is 6.93. The second kappa shape index (κ2) is 8.75. The topological polar surface area (TPSA) is 66.8 Å². The molecule has 0 spiro atoms. The molecule has 0 amide bonds. The Morgan fingerprint density at radius 3 is 2.08 bits per heavy atom. The van der Waals surface area contributed by atoms with Crippen LogP contribution in [0.4, 0.5) is 0 Å². The molecule has 0 aromatic heterocycles. The van der Waals surface area contributed by atoms with Crippen molar-refractivity contribution in [3.8, 4) is 11.5 Å². The molecule has 2 aromatic carbocycles. The molecule has 2 rings (SSSR count). The first kappa shape index (κ1) is 19.8.